The van der Waals surface area contributed by atoms with Crippen LogP contribution in [0.4, 0.5) is 5.69 Å². The first-order chi connectivity index (χ1) is 14.7. The Bertz CT molecular complexity index is 797. The second-order valence-electron chi connectivity index (χ2n) is 8.11. The number of carbonyl (C=O) groups excluding carboxylic acids is 3. The maximum atomic E-state index is 13.2. The number of hydrogen-bond acceptors (Lipinski definition) is 5. The Hall–Kier alpha value is -2.61. The monoisotopic (exact) mass is 433 g/mol. The lowest BCUT2D eigenvalue weighted by Crippen LogP contribution is -2.48. The number of carbonyl (C=O) groups is 3. The molecule has 0 fully saturated rings. The van der Waals surface area contributed by atoms with Gasteiger partial charge >= 0.3 is 0 Å². The first kappa shape index (κ1) is 24.7. The molecule has 0 spiro atoms. The third-order valence-corrected chi connectivity index (χ3v) is 5.67. The van der Waals surface area contributed by atoms with E-state index in [1.165, 1.54) is 0 Å². The van der Waals surface area contributed by atoms with Crippen molar-refractivity contribution in [1.82, 2.24) is 9.80 Å². The number of hydrogen-bond donors (Lipinski definition) is 1. The van der Waals surface area contributed by atoms with Gasteiger partial charge < -0.3 is 24.6 Å². The van der Waals surface area contributed by atoms with Gasteiger partial charge in [0.15, 0.2) is 0 Å². The summed E-state index contributed by atoms with van der Waals surface area (Å²) in [6.07, 6.45) is 0.512. The minimum absolute atomic E-state index is 0.0206. The van der Waals surface area contributed by atoms with Crippen LogP contribution < -0.4 is 10.1 Å². The van der Waals surface area contributed by atoms with Crippen LogP contribution in [0.2, 0.25) is 0 Å². The first-order valence-electron chi connectivity index (χ1n) is 10.9. The van der Waals surface area contributed by atoms with Crippen LogP contribution in [0, 0.1) is 5.92 Å². The molecule has 3 amide bonds. The molecule has 0 aliphatic carbocycles. The quantitative estimate of drug-likeness (QED) is 0.789. The fraction of sp³-hybridized carbons (Fsp3) is 0.609. The van der Waals surface area contributed by atoms with Crippen LogP contribution in [-0.4, -0.2) is 73.5 Å². The van der Waals surface area contributed by atoms with E-state index in [-0.39, 0.29) is 42.4 Å². The molecular formula is C23H35N3O5. The van der Waals surface area contributed by atoms with Gasteiger partial charge in [-0.25, -0.2) is 0 Å². The highest BCUT2D eigenvalue weighted by molar-refractivity contribution is 5.99. The zero-order valence-corrected chi connectivity index (χ0v) is 19.4. The average Bonchev–Trinajstić information content (AvgIpc) is 2.77. The van der Waals surface area contributed by atoms with Gasteiger partial charge in [-0.3, -0.25) is 14.4 Å². The zero-order chi connectivity index (χ0) is 23.1. The van der Waals surface area contributed by atoms with Gasteiger partial charge in [0.05, 0.1) is 17.7 Å². The van der Waals surface area contributed by atoms with Crippen molar-refractivity contribution in [1.29, 1.82) is 0 Å². The van der Waals surface area contributed by atoms with Gasteiger partial charge in [0, 0.05) is 51.7 Å². The molecule has 0 aromatic heterocycles. The predicted molar refractivity (Wildman–Crippen MR) is 119 cm³/mol. The fourth-order valence-electron chi connectivity index (χ4n) is 3.65. The lowest BCUT2D eigenvalue weighted by molar-refractivity contribution is -0.135. The molecule has 8 nitrogen and oxygen atoms in total. The van der Waals surface area contributed by atoms with Gasteiger partial charge in [-0.2, -0.15) is 0 Å². The molecular weight excluding hydrogens is 398 g/mol. The molecule has 1 aromatic rings. The molecule has 1 N–H and O–H groups in total. The van der Waals surface area contributed by atoms with E-state index in [4.69, 9.17) is 9.47 Å². The van der Waals surface area contributed by atoms with Crippen LogP contribution in [0.5, 0.6) is 5.75 Å². The van der Waals surface area contributed by atoms with Crippen molar-refractivity contribution in [3.8, 4) is 5.75 Å². The van der Waals surface area contributed by atoms with E-state index in [1.807, 2.05) is 25.7 Å². The number of fused-ring (bicyclic) bond motifs is 1. The summed E-state index contributed by atoms with van der Waals surface area (Å²) in [5.74, 6) is 0.145. The molecule has 31 heavy (non-hydrogen) atoms. The summed E-state index contributed by atoms with van der Waals surface area (Å²) in [5.41, 5.74) is 0.899. The highest BCUT2D eigenvalue weighted by Gasteiger charge is 2.29. The molecule has 1 heterocycles. The van der Waals surface area contributed by atoms with Gasteiger partial charge in [-0.05, 0) is 25.1 Å². The second kappa shape index (κ2) is 11.1. The van der Waals surface area contributed by atoms with E-state index in [0.717, 1.165) is 0 Å². The predicted octanol–water partition coefficient (Wildman–Crippen LogP) is 2.78. The van der Waals surface area contributed by atoms with Crippen LogP contribution in [0.15, 0.2) is 18.2 Å². The van der Waals surface area contributed by atoms with E-state index >= 15 is 0 Å². The fourth-order valence-corrected chi connectivity index (χ4v) is 3.65. The van der Waals surface area contributed by atoms with Crippen molar-refractivity contribution in [2.45, 2.75) is 52.7 Å². The summed E-state index contributed by atoms with van der Waals surface area (Å²) in [4.78, 5) is 41.1. The second-order valence-corrected chi connectivity index (χ2v) is 8.11. The molecule has 8 heteroatoms. The Morgan fingerprint density at radius 2 is 1.90 bits per heavy atom. The summed E-state index contributed by atoms with van der Waals surface area (Å²) in [5, 5.41) is 2.79. The van der Waals surface area contributed by atoms with E-state index < -0.39 is 0 Å². The lowest BCUT2D eigenvalue weighted by Gasteiger charge is -2.36. The van der Waals surface area contributed by atoms with Gasteiger partial charge in [0.25, 0.3) is 5.91 Å². The van der Waals surface area contributed by atoms with Crippen LogP contribution in [0.3, 0.4) is 0 Å². The highest BCUT2D eigenvalue weighted by Crippen LogP contribution is 2.26. The molecule has 3 atom stereocenters. The maximum absolute atomic E-state index is 13.2. The van der Waals surface area contributed by atoms with Gasteiger partial charge in [-0.1, -0.05) is 20.8 Å². The topological polar surface area (TPSA) is 88.2 Å². The number of nitrogens with one attached hydrogen (secondary N) is 1. The van der Waals surface area contributed by atoms with E-state index in [0.29, 0.717) is 42.9 Å². The Labute approximate surface area is 184 Å². The third-order valence-electron chi connectivity index (χ3n) is 5.67. The molecule has 0 saturated heterocycles. The molecule has 0 radical (unpaired) electrons. The Morgan fingerprint density at radius 1 is 1.19 bits per heavy atom. The summed E-state index contributed by atoms with van der Waals surface area (Å²) in [7, 11) is 3.34. The minimum Gasteiger partial charge on any atom is -0.491 e. The van der Waals surface area contributed by atoms with Crippen LogP contribution in [-0.2, 0) is 14.3 Å². The van der Waals surface area contributed by atoms with Gasteiger partial charge in [-0.15, -0.1) is 0 Å². The number of likely N-dealkylation sites (N-methyl/N-ethyl adjacent to an activating group) is 1. The summed E-state index contributed by atoms with van der Waals surface area (Å²) in [6.45, 7) is 8.71. The molecule has 1 aliphatic rings. The Morgan fingerprint density at radius 3 is 2.52 bits per heavy atom. The molecule has 0 saturated carbocycles. The summed E-state index contributed by atoms with van der Waals surface area (Å²) >= 11 is 0. The average molecular weight is 434 g/mol. The minimum atomic E-state index is -0.236. The van der Waals surface area contributed by atoms with Crippen LogP contribution in [0.1, 0.15) is 50.9 Å². The number of methoxy groups -OCH3 is 1. The number of benzene rings is 1. The number of anilines is 1. The largest absolute Gasteiger partial charge is 0.491 e. The number of nitrogens with zero attached hydrogens (tertiary/aromatic N) is 2. The number of ether oxygens (including phenoxy) is 2. The Balaban J connectivity index is 2.45. The van der Waals surface area contributed by atoms with Crippen molar-refractivity contribution in [2.24, 2.45) is 5.92 Å². The maximum Gasteiger partial charge on any atom is 0.257 e. The zero-order valence-electron chi connectivity index (χ0n) is 19.4. The van der Waals surface area contributed by atoms with Crippen molar-refractivity contribution in [3.05, 3.63) is 23.8 Å². The van der Waals surface area contributed by atoms with E-state index in [9.17, 15) is 14.4 Å². The summed E-state index contributed by atoms with van der Waals surface area (Å²) < 4.78 is 11.7. The standard InChI is InChI=1S/C23H35N3O5/c1-7-21(27)24-17-9-10-19-18(11-17)23(29)25(5)13-20(30-6)15(3)12-26(22(28)8-2)16(4)14-31-19/h9-11,15-16,20H,7-8,12-14H2,1-6H3,(H,24,27)/t15-,16-,20+/m0/s1. The number of amides is 3. The van der Waals surface area contributed by atoms with Crippen LogP contribution >= 0.6 is 0 Å². The smallest absolute Gasteiger partial charge is 0.257 e. The van der Waals surface area contributed by atoms with E-state index in [2.05, 4.69) is 5.32 Å². The summed E-state index contributed by atoms with van der Waals surface area (Å²) in [6, 6.07) is 4.86. The lowest BCUT2D eigenvalue weighted by atomic mass is 10.0. The SMILES string of the molecule is CCC(=O)Nc1ccc2c(c1)C(=O)N(C)C[C@@H](OC)[C@@H](C)CN(C(=O)CC)[C@@H](C)CO2. The van der Waals surface area contributed by atoms with Gasteiger partial charge in [0.2, 0.25) is 11.8 Å². The molecule has 0 unspecified atom stereocenters. The van der Waals surface area contributed by atoms with Crippen molar-refractivity contribution in [3.63, 3.8) is 0 Å². The van der Waals surface area contributed by atoms with Crippen LogP contribution in [0.25, 0.3) is 0 Å². The molecule has 1 aliphatic heterocycles. The highest BCUT2D eigenvalue weighted by atomic mass is 16.5. The van der Waals surface area contributed by atoms with Crippen molar-refractivity contribution >= 4 is 23.4 Å². The molecule has 0 bridgehead atoms. The van der Waals surface area contributed by atoms with Gasteiger partial charge in [0.1, 0.15) is 12.4 Å². The molecule has 2 rings (SSSR count). The van der Waals surface area contributed by atoms with Crippen molar-refractivity contribution in [2.75, 3.05) is 39.2 Å². The Kier molecular flexibility index (Phi) is 8.86. The van der Waals surface area contributed by atoms with Crippen molar-refractivity contribution < 1.29 is 23.9 Å². The third kappa shape index (κ3) is 6.19. The van der Waals surface area contributed by atoms with E-state index in [1.54, 1.807) is 44.2 Å². The normalized spacial score (nSPS) is 22.6. The first-order valence-corrected chi connectivity index (χ1v) is 10.9. The molecule has 172 valence electrons. The number of rotatable bonds is 4. The molecule has 1 aromatic carbocycles.